The Labute approximate surface area is 165 Å². The molecule has 130 valence electrons. The first-order valence-corrected chi connectivity index (χ1v) is 8.46. The largest absolute Gasteiger partial charge is 1.00 e. The van der Waals surface area contributed by atoms with Crippen molar-refractivity contribution in [2.45, 2.75) is 33.8 Å². The molecule has 2 heterocycles. The first-order valence-electron chi connectivity index (χ1n) is 8.46. The summed E-state index contributed by atoms with van der Waals surface area (Å²) >= 11 is 0. The number of nitrogens with zero attached hydrogens (tertiary/aromatic N) is 1. The van der Waals surface area contributed by atoms with Crippen molar-refractivity contribution in [2.75, 3.05) is 0 Å². The highest BCUT2D eigenvalue weighted by Crippen LogP contribution is 2.37. The normalized spacial score (nSPS) is 11.4. The van der Waals surface area contributed by atoms with Gasteiger partial charge in [-0.2, -0.15) is 0 Å². The lowest BCUT2D eigenvalue weighted by Crippen LogP contribution is -3.00. The van der Waals surface area contributed by atoms with Crippen LogP contribution >= 0.6 is 0 Å². The maximum absolute atomic E-state index is 5.90. The van der Waals surface area contributed by atoms with E-state index >= 15 is 0 Å². The molecule has 0 saturated carbocycles. The van der Waals surface area contributed by atoms with Gasteiger partial charge in [0.05, 0.1) is 11.6 Å². The molecule has 2 aromatic carbocycles. The van der Waals surface area contributed by atoms with E-state index in [2.05, 4.69) is 74.9 Å². The van der Waals surface area contributed by atoms with E-state index in [9.17, 15) is 0 Å². The van der Waals surface area contributed by atoms with Crippen molar-refractivity contribution < 1.29 is 33.3 Å². The molecule has 2 aromatic heterocycles. The van der Waals surface area contributed by atoms with Gasteiger partial charge >= 0.3 is 0 Å². The second kappa shape index (κ2) is 6.48. The first kappa shape index (κ1) is 18.0. The van der Waals surface area contributed by atoms with Crippen molar-refractivity contribution in [3.63, 3.8) is 0 Å². The number of pyridine rings is 1. The molecule has 0 aliphatic carbocycles. The van der Waals surface area contributed by atoms with Crippen molar-refractivity contribution in [3.05, 3.63) is 47.8 Å². The van der Waals surface area contributed by atoms with Gasteiger partial charge in [-0.3, -0.25) is 0 Å². The fraction of sp³-hybridized carbons (Fsp3) is 0.286. The van der Waals surface area contributed by atoms with E-state index in [1.54, 1.807) is 0 Å². The Morgan fingerprint density at radius 3 is 2.48 bits per heavy atom. The number of halogens is 1. The molecule has 4 rings (SSSR count). The zero-order chi connectivity index (χ0) is 17.0. The summed E-state index contributed by atoms with van der Waals surface area (Å²) in [5.41, 5.74) is 5.00. The van der Waals surface area contributed by atoms with Crippen molar-refractivity contribution in [1.82, 2.24) is 4.98 Å². The molecule has 0 spiro atoms. The Balaban J connectivity index is 0.00000182. The predicted molar refractivity (Wildman–Crippen MR) is 99.7 cm³/mol. The van der Waals surface area contributed by atoms with Crippen LogP contribution in [-0.2, 0) is 7.05 Å². The SMILES string of the molecule is Cc1c2cc[n+](C)cc2c(C)c2c1[nH]c1ccc(OC(C)C)cc12.[I-]. The van der Waals surface area contributed by atoms with Gasteiger partial charge in [0.2, 0.25) is 0 Å². The number of rotatable bonds is 2. The van der Waals surface area contributed by atoms with Gasteiger partial charge in [-0.1, -0.05) is 0 Å². The van der Waals surface area contributed by atoms with E-state index in [0.29, 0.717) is 0 Å². The van der Waals surface area contributed by atoms with E-state index in [1.165, 1.54) is 38.2 Å². The summed E-state index contributed by atoms with van der Waals surface area (Å²) in [6, 6.07) is 8.53. The summed E-state index contributed by atoms with van der Waals surface area (Å²) in [4.78, 5) is 3.61. The topological polar surface area (TPSA) is 28.9 Å². The summed E-state index contributed by atoms with van der Waals surface area (Å²) in [6.07, 6.45) is 4.50. The number of aromatic nitrogens is 2. The van der Waals surface area contributed by atoms with Crippen LogP contribution < -0.4 is 33.3 Å². The van der Waals surface area contributed by atoms with Crippen LogP contribution in [0.2, 0.25) is 0 Å². The molecule has 1 N–H and O–H groups in total. The lowest BCUT2D eigenvalue weighted by atomic mass is 9.97. The minimum absolute atomic E-state index is 0. The highest BCUT2D eigenvalue weighted by Gasteiger charge is 2.16. The van der Waals surface area contributed by atoms with E-state index in [4.69, 9.17) is 4.74 Å². The molecular weight excluding hydrogens is 423 g/mol. The Bertz CT molecular complexity index is 1100. The maximum atomic E-state index is 5.90. The molecule has 0 atom stereocenters. The highest BCUT2D eigenvalue weighted by atomic mass is 127. The number of nitrogens with one attached hydrogen (secondary N) is 1. The van der Waals surface area contributed by atoms with Crippen LogP contribution in [0.4, 0.5) is 0 Å². The van der Waals surface area contributed by atoms with E-state index in [1.807, 2.05) is 6.07 Å². The van der Waals surface area contributed by atoms with Gasteiger partial charge in [0.15, 0.2) is 12.4 Å². The average molecular weight is 446 g/mol. The average Bonchev–Trinajstić information content (AvgIpc) is 2.91. The molecule has 4 aromatic rings. The molecule has 0 unspecified atom stereocenters. The van der Waals surface area contributed by atoms with Crippen molar-refractivity contribution >= 4 is 32.6 Å². The van der Waals surface area contributed by atoms with E-state index in [-0.39, 0.29) is 30.1 Å². The summed E-state index contributed by atoms with van der Waals surface area (Å²) in [7, 11) is 2.07. The zero-order valence-corrected chi connectivity index (χ0v) is 17.4. The van der Waals surface area contributed by atoms with Gasteiger partial charge in [-0.25, -0.2) is 4.57 Å². The molecule has 25 heavy (non-hydrogen) atoms. The first-order chi connectivity index (χ1) is 11.5. The fourth-order valence-electron chi connectivity index (χ4n) is 3.68. The minimum Gasteiger partial charge on any atom is -1.00 e. The third kappa shape index (κ3) is 2.86. The third-order valence-electron chi connectivity index (χ3n) is 4.80. The Hall–Kier alpha value is -1.82. The van der Waals surface area contributed by atoms with Crippen LogP contribution in [-0.4, -0.2) is 11.1 Å². The molecule has 0 aliphatic heterocycles. The van der Waals surface area contributed by atoms with Gasteiger partial charge < -0.3 is 33.7 Å². The molecule has 0 saturated heterocycles. The van der Waals surface area contributed by atoms with Crippen molar-refractivity contribution in [1.29, 1.82) is 0 Å². The number of H-pyrrole nitrogens is 1. The van der Waals surface area contributed by atoms with Crippen LogP contribution in [0.15, 0.2) is 36.7 Å². The van der Waals surface area contributed by atoms with Crippen molar-refractivity contribution in [2.24, 2.45) is 7.05 Å². The lowest BCUT2D eigenvalue weighted by Gasteiger charge is -2.10. The monoisotopic (exact) mass is 446 g/mol. The summed E-state index contributed by atoms with van der Waals surface area (Å²) in [5, 5.41) is 5.15. The highest BCUT2D eigenvalue weighted by molar-refractivity contribution is 6.16. The molecule has 0 amide bonds. The van der Waals surface area contributed by atoms with E-state index < -0.39 is 0 Å². The number of aryl methyl sites for hydroxylation is 3. The Morgan fingerprint density at radius 2 is 1.76 bits per heavy atom. The molecule has 0 bridgehead atoms. The molecule has 0 fully saturated rings. The number of fused-ring (bicyclic) bond motifs is 4. The van der Waals surface area contributed by atoms with Crippen LogP contribution in [0.3, 0.4) is 0 Å². The van der Waals surface area contributed by atoms with Crippen LogP contribution in [0.25, 0.3) is 32.6 Å². The zero-order valence-electron chi connectivity index (χ0n) is 15.3. The third-order valence-corrected chi connectivity index (χ3v) is 4.80. The maximum Gasteiger partial charge on any atom is 0.176 e. The fourth-order valence-corrected chi connectivity index (χ4v) is 3.68. The number of ether oxygens (including phenoxy) is 1. The van der Waals surface area contributed by atoms with Gasteiger partial charge in [0.25, 0.3) is 0 Å². The quantitative estimate of drug-likeness (QED) is 0.369. The standard InChI is InChI=1S/C21H22N2O.HI/c1-12(2)24-15-6-7-19-17(10-15)20-13(3)18-11-23(5)9-8-16(18)14(4)21(20)22-19;/h6-12H,1-5H3;1H. The number of benzene rings is 2. The molecule has 3 nitrogen and oxygen atoms in total. The second-order valence-corrected chi connectivity index (χ2v) is 6.94. The Kier molecular flexibility index (Phi) is 4.66. The molecular formula is C21H23IN2O. The number of aromatic amines is 1. The second-order valence-electron chi connectivity index (χ2n) is 6.94. The van der Waals surface area contributed by atoms with Gasteiger partial charge in [-0.15, -0.1) is 0 Å². The molecule has 0 radical (unpaired) electrons. The summed E-state index contributed by atoms with van der Waals surface area (Å²) in [5.74, 6) is 0.925. The van der Waals surface area contributed by atoms with Gasteiger partial charge in [0, 0.05) is 27.7 Å². The lowest BCUT2D eigenvalue weighted by molar-refractivity contribution is -0.670. The summed E-state index contributed by atoms with van der Waals surface area (Å²) in [6.45, 7) is 8.53. The van der Waals surface area contributed by atoms with Crippen molar-refractivity contribution in [3.8, 4) is 5.75 Å². The predicted octanol–water partition coefficient (Wildman–Crippen LogP) is 1.71. The van der Waals surface area contributed by atoms with Gasteiger partial charge in [-0.05, 0) is 62.4 Å². The van der Waals surface area contributed by atoms with Crippen LogP contribution in [0, 0.1) is 13.8 Å². The molecule has 0 aliphatic rings. The minimum atomic E-state index is 0. The van der Waals surface area contributed by atoms with Gasteiger partial charge in [0.1, 0.15) is 12.8 Å². The van der Waals surface area contributed by atoms with E-state index in [0.717, 1.165) is 11.3 Å². The molecule has 4 heteroatoms. The van der Waals surface area contributed by atoms with Crippen LogP contribution in [0.5, 0.6) is 5.75 Å². The number of hydrogen-bond donors (Lipinski definition) is 1. The summed E-state index contributed by atoms with van der Waals surface area (Å²) < 4.78 is 8.01. The number of hydrogen-bond acceptors (Lipinski definition) is 1. The smallest absolute Gasteiger partial charge is 0.176 e. The Morgan fingerprint density at radius 1 is 1.00 bits per heavy atom. The van der Waals surface area contributed by atoms with Crippen LogP contribution in [0.1, 0.15) is 25.0 Å².